The Morgan fingerprint density at radius 3 is 2.11 bits per heavy atom. The molecule has 2 amide bonds. The molecule has 3 aromatic carbocycles. The van der Waals surface area contributed by atoms with Gasteiger partial charge in [0, 0.05) is 25.2 Å². The van der Waals surface area contributed by atoms with Crippen LogP contribution in [0.25, 0.3) is 0 Å². The molecule has 7 heteroatoms. The summed E-state index contributed by atoms with van der Waals surface area (Å²) in [4.78, 5) is 26.9. The molecule has 6 nitrogen and oxygen atoms in total. The lowest BCUT2D eigenvalue weighted by molar-refractivity contribution is -0.120. The third kappa shape index (κ3) is 6.45. The van der Waals surface area contributed by atoms with E-state index in [1.54, 1.807) is 19.2 Å². The highest BCUT2D eigenvalue weighted by atomic mass is 19.1. The quantitative estimate of drug-likeness (QED) is 0.490. The molecule has 1 atom stereocenters. The second-order valence-corrected chi connectivity index (χ2v) is 8.61. The van der Waals surface area contributed by atoms with Gasteiger partial charge in [-0.05, 0) is 65.9 Å². The van der Waals surface area contributed by atoms with Crippen LogP contribution in [-0.4, -0.2) is 43.5 Å². The van der Waals surface area contributed by atoms with Crippen molar-refractivity contribution >= 4 is 11.8 Å². The minimum atomic E-state index is -0.312. The zero-order chi connectivity index (χ0) is 24.6. The summed E-state index contributed by atoms with van der Waals surface area (Å²) >= 11 is 0. The van der Waals surface area contributed by atoms with Crippen molar-refractivity contribution in [1.29, 1.82) is 0 Å². The Labute approximate surface area is 205 Å². The highest BCUT2D eigenvalue weighted by Crippen LogP contribution is 2.24. The monoisotopic (exact) mass is 475 g/mol. The number of likely N-dealkylation sites (tertiary alicyclic amines) is 1. The first-order valence-electron chi connectivity index (χ1n) is 11.8. The predicted molar refractivity (Wildman–Crippen MR) is 133 cm³/mol. The van der Waals surface area contributed by atoms with Gasteiger partial charge in [0.25, 0.3) is 5.91 Å². The maximum Gasteiger partial charge on any atom is 0.253 e. The molecule has 3 aromatic rings. The molecule has 0 spiro atoms. The number of hydrogen-bond acceptors (Lipinski definition) is 4. The Hall–Kier alpha value is -3.71. The average molecular weight is 476 g/mol. The standard InChI is InChI=1S/C28H30FN3O3/c1-35-25-14-10-22(11-15-25)27(21-8-12-24(29)13-9-21)31-19-26(33)30-18-20-4-6-23(7-5-20)28(34)32-16-2-3-17-32/h4-15,27,31H,2-3,16-19H2,1H3,(H,30,33). The number of methoxy groups -OCH3 is 1. The van der Waals surface area contributed by atoms with E-state index in [-0.39, 0.29) is 30.2 Å². The molecule has 35 heavy (non-hydrogen) atoms. The Kier molecular flexibility index (Phi) is 8.11. The second kappa shape index (κ2) is 11.6. The molecule has 0 bridgehead atoms. The minimum absolute atomic E-state index is 0.0626. The van der Waals surface area contributed by atoms with Crippen LogP contribution < -0.4 is 15.4 Å². The van der Waals surface area contributed by atoms with Gasteiger partial charge in [0.05, 0.1) is 19.7 Å². The van der Waals surface area contributed by atoms with Gasteiger partial charge < -0.3 is 15.0 Å². The predicted octanol–water partition coefficient (Wildman–Crippen LogP) is 4.07. The lowest BCUT2D eigenvalue weighted by atomic mass is 9.98. The summed E-state index contributed by atoms with van der Waals surface area (Å²) in [6.45, 7) is 2.08. The molecule has 0 radical (unpaired) electrons. The van der Waals surface area contributed by atoms with Crippen molar-refractivity contribution in [3.8, 4) is 5.75 Å². The van der Waals surface area contributed by atoms with Crippen molar-refractivity contribution < 1.29 is 18.7 Å². The van der Waals surface area contributed by atoms with Crippen LogP contribution in [0.2, 0.25) is 0 Å². The molecular formula is C28H30FN3O3. The number of nitrogens with zero attached hydrogens (tertiary/aromatic N) is 1. The van der Waals surface area contributed by atoms with E-state index in [4.69, 9.17) is 4.74 Å². The summed E-state index contributed by atoms with van der Waals surface area (Å²) in [6, 6.07) is 20.9. The number of halogens is 1. The molecule has 0 aliphatic carbocycles. The maximum atomic E-state index is 13.5. The highest BCUT2D eigenvalue weighted by Gasteiger charge is 2.19. The first-order chi connectivity index (χ1) is 17.0. The van der Waals surface area contributed by atoms with E-state index >= 15 is 0 Å². The fraction of sp³-hybridized carbons (Fsp3) is 0.286. The van der Waals surface area contributed by atoms with Crippen molar-refractivity contribution in [1.82, 2.24) is 15.5 Å². The van der Waals surface area contributed by atoms with Gasteiger partial charge in [0.2, 0.25) is 5.91 Å². The molecule has 1 heterocycles. The van der Waals surface area contributed by atoms with Crippen molar-refractivity contribution in [2.24, 2.45) is 0 Å². The van der Waals surface area contributed by atoms with Gasteiger partial charge in [-0.3, -0.25) is 14.9 Å². The molecule has 2 N–H and O–H groups in total. The zero-order valence-corrected chi connectivity index (χ0v) is 19.8. The third-order valence-electron chi connectivity index (χ3n) is 6.20. The van der Waals surface area contributed by atoms with Crippen molar-refractivity contribution in [3.63, 3.8) is 0 Å². The van der Waals surface area contributed by atoms with Crippen LogP contribution in [0.1, 0.15) is 45.9 Å². The number of ether oxygens (including phenoxy) is 1. The third-order valence-corrected chi connectivity index (χ3v) is 6.20. The van der Waals surface area contributed by atoms with Crippen LogP contribution in [0.3, 0.4) is 0 Å². The summed E-state index contributed by atoms with van der Waals surface area (Å²) < 4.78 is 18.7. The number of carbonyl (C=O) groups excluding carboxylic acids is 2. The van der Waals surface area contributed by atoms with Crippen molar-refractivity contribution in [2.75, 3.05) is 26.7 Å². The highest BCUT2D eigenvalue weighted by molar-refractivity contribution is 5.94. The van der Waals surface area contributed by atoms with E-state index in [1.165, 1.54) is 12.1 Å². The van der Waals surface area contributed by atoms with Crippen molar-refractivity contribution in [3.05, 3.63) is 101 Å². The van der Waals surface area contributed by atoms with Gasteiger partial charge >= 0.3 is 0 Å². The molecule has 0 saturated carbocycles. The fourth-order valence-electron chi connectivity index (χ4n) is 4.21. The van der Waals surface area contributed by atoms with Crippen LogP contribution >= 0.6 is 0 Å². The van der Waals surface area contributed by atoms with Crippen LogP contribution in [-0.2, 0) is 11.3 Å². The lowest BCUT2D eigenvalue weighted by Crippen LogP contribution is -2.35. The smallest absolute Gasteiger partial charge is 0.253 e. The molecule has 1 unspecified atom stereocenters. The van der Waals surface area contributed by atoms with Gasteiger partial charge in [-0.2, -0.15) is 0 Å². The Morgan fingerprint density at radius 2 is 1.51 bits per heavy atom. The van der Waals surface area contributed by atoms with Crippen LogP contribution in [0.5, 0.6) is 5.75 Å². The summed E-state index contributed by atoms with van der Waals surface area (Å²) in [6.07, 6.45) is 2.12. The van der Waals surface area contributed by atoms with Gasteiger partial charge in [-0.15, -0.1) is 0 Å². The number of nitrogens with one attached hydrogen (secondary N) is 2. The van der Waals surface area contributed by atoms with Crippen LogP contribution in [0.4, 0.5) is 4.39 Å². The van der Waals surface area contributed by atoms with E-state index in [0.29, 0.717) is 12.1 Å². The summed E-state index contributed by atoms with van der Waals surface area (Å²) in [5.74, 6) is 0.320. The Bertz CT molecular complexity index is 1130. The number of hydrogen-bond donors (Lipinski definition) is 2. The zero-order valence-electron chi connectivity index (χ0n) is 19.8. The Balaban J connectivity index is 1.34. The lowest BCUT2D eigenvalue weighted by Gasteiger charge is -2.20. The Morgan fingerprint density at radius 1 is 0.914 bits per heavy atom. The van der Waals surface area contributed by atoms with E-state index in [1.807, 2.05) is 53.4 Å². The molecule has 4 rings (SSSR count). The molecule has 1 saturated heterocycles. The van der Waals surface area contributed by atoms with E-state index in [2.05, 4.69) is 10.6 Å². The normalized spacial score (nSPS) is 13.9. The number of rotatable bonds is 9. The van der Waals surface area contributed by atoms with Crippen LogP contribution in [0.15, 0.2) is 72.8 Å². The number of carbonyl (C=O) groups is 2. The summed E-state index contributed by atoms with van der Waals surface area (Å²) in [5.41, 5.74) is 3.37. The van der Waals surface area contributed by atoms with Crippen LogP contribution in [0, 0.1) is 5.82 Å². The maximum absolute atomic E-state index is 13.5. The van der Waals surface area contributed by atoms with E-state index in [0.717, 1.165) is 48.4 Å². The first kappa shape index (κ1) is 24.4. The molecule has 1 fully saturated rings. The molecular weight excluding hydrogens is 445 g/mol. The number of amides is 2. The van der Waals surface area contributed by atoms with Gasteiger partial charge in [0.1, 0.15) is 11.6 Å². The fourth-order valence-corrected chi connectivity index (χ4v) is 4.21. The van der Waals surface area contributed by atoms with Crippen molar-refractivity contribution in [2.45, 2.75) is 25.4 Å². The largest absolute Gasteiger partial charge is 0.497 e. The van der Waals surface area contributed by atoms with Gasteiger partial charge in [-0.25, -0.2) is 4.39 Å². The summed E-state index contributed by atoms with van der Waals surface area (Å²) in [5, 5.41) is 6.19. The molecule has 1 aliphatic heterocycles. The topological polar surface area (TPSA) is 70.7 Å². The molecule has 182 valence electrons. The summed E-state index contributed by atoms with van der Waals surface area (Å²) in [7, 11) is 1.61. The molecule has 1 aliphatic rings. The first-order valence-corrected chi connectivity index (χ1v) is 11.8. The second-order valence-electron chi connectivity index (χ2n) is 8.61. The number of benzene rings is 3. The minimum Gasteiger partial charge on any atom is -0.497 e. The van der Waals surface area contributed by atoms with E-state index < -0.39 is 0 Å². The molecule has 0 aromatic heterocycles. The van der Waals surface area contributed by atoms with E-state index in [9.17, 15) is 14.0 Å². The van der Waals surface area contributed by atoms with Gasteiger partial charge in [0.15, 0.2) is 0 Å². The van der Waals surface area contributed by atoms with Gasteiger partial charge in [-0.1, -0.05) is 36.4 Å². The average Bonchev–Trinajstić information content (AvgIpc) is 3.44. The SMILES string of the molecule is COc1ccc(C(NCC(=O)NCc2ccc(C(=O)N3CCCC3)cc2)c2ccc(F)cc2)cc1.